The van der Waals surface area contributed by atoms with Gasteiger partial charge in [0.25, 0.3) is 11.8 Å². The molecule has 0 atom stereocenters. The van der Waals surface area contributed by atoms with E-state index in [0.29, 0.717) is 28.7 Å². The SMILES string of the molecule is Cc1cc(-c2nnc(NC(=O)c3cc(C)oc3C)o2)n(C)n1. The number of carbonyl (C=O) groups excluding carboxylic acids is 1. The summed E-state index contributed by atoms with van der Waals surface area (Å²) >= 11 is 0. The molecule has 0 aromatic carbocycles. The van der Waals surface area contributed by atoms with Gasteiger partial charge < -0.3 is 8.83 Å². The van der Waals surface area contributed by atoms with Crippen molar-refractivity contribution in [2.75, 3.05) is 5.32 Å². The second kappa shape index (κ2) is 5.14. The first-order chi connectivity index (χ1) is 10.4. The molecule has 3 aromatic heterocycles. The molecule has 3 rings (SSSR count). The first kappa shape index (κ1) is 14.1. The molecule has 0 spiro atoms. The first-order valence-electron chi connectivity index (χ1n) is 6.67. The van der Waals surface area contributed by atoms with E-state index in [1.807, 2.05) is 13.0 Å². The Morgan fingerprint density at radius 1 is 1.18 bits per heavy atom. The summed E-state index contributed by atoms with van der Waals surface area (Å²) in [5.74, 6) is 1.14. The molecule has 0 radical (unpaired) electrons. The zero-order chi connectivity index (χ0) is 15.9. The quantitative estimate of drug-likeness (QED) is 0.796. The summed E-state index contributed by atoms with van der Waals surface area (Å²) in [5, 5.41) is 14.5. The molecule has 0 aliphatic carbocycles. The van der Waals surface area contributed by atoms with Crippen LogP contribution in [0.1, 0.15) is 27.6 Å². The highest BCUT2D eigenvalue weighted by Crippen LogP contribution is 2.21. The van der Waals surface area contributed by atoms with Gasteiger partial charge in [0.15, 0.2) is 0 Å². The van der Waals surface area contributed by atoms with Gasteiger partial charge in [0, 0.05) is 7.05 Å². The highest BCUT2D eigenvalue weighted by atomic mass is 16.4. The Bertz CT molecular complexity index is 843. The number of nitrogens with one attached hydrogen (secondary N) is 1. The van der Waals surface area contributed by atoms with Crippen LogP contribution in [0.5, 0.6) is 0 Å². The lowest BCUT2D eigenvalue weighted by molar-refractivity contribution is 0.102. The van der Waals surface area contributed by atoms with Crippen molar-refractivity contribution in [1.82, 2.24) is 20.0 Å². The summed E-state index contributed by atoms with van der Waals surface area (Å²) in [4.78, 5) is 12.1. The molecule has 114 valence electrons. The molecule has 0 saturated heterocycles. The van der Waals surface area contributed by atoms with Gasteiger partial charge in [-0.2, -0.15) is 5.10 Å². The van der Waals surface area contributed by atoms with Crippen molar-refractivity contribution >= 4 is 11.9 Å². The van der Waals surface area contributed by atoms with Crippen LogP contribution < -0.4 is 5.32 Å². The van der Waals surface area contributed by atoms with E-state index in [1.54, 1.807) is 31.6 Å². The van der Waals surface area contributed by atoms with E-state index >= 15 is 0 Å². The second-order valence-corrected chi connectivity index (χ2v) is 4.99. The van der Waals surface area contributed by atoms with Crippen molar-refractivity contribution in [3.05, 3.63) is 34.9 Å². The van der Waals surface area contributed by atoms with E-state index in [1.165, 1.54) is 0 Å². The van der Waals surface area contributed by atoms with Gasteiger partial charge in [0.2, 0.25) is 0 Å². The van der Waals surface area contributed by atoms with Crippen LogP contribution in [0.4, 0.5) is 6.01 Å². The minimum Gasteiger partial charge on any atom is -0.466 e. The van der Waals surface area contributed by atoms with Crippen LogP contribution in [0.3, 0.4) is 0 Å². The number of hydrogen-bond acceptors (Lipinski definition) is 6. The van der Waals surface area contributed by atoms with Gasteiger partial charge >= 0.3 is 6.01 Å². The van der Waals surface area contributed by atoms with Crippen LogP contribution in [0.15, 0.2) is 21.0 Å². The average Bonchev–Trinajstić information content (AvgIpc) is 3.10. The smallest absolute Gasteiger partial charge is 0.322 e. The van der Waals surface area contributed by atoms with Crippen LogP contribution in [0.25, 0.3) is 11.6 Å². The number of anilines is 1. The maximum Gasteiger partial charge on any atom is 0.322 e. The summed E-state index contributed by atoms with van der Waals surface area (Å²) in [7, 11) is 1.78. The number of nitrogens with zero attached hydrogens (tertiary/aromatic N) is 4. The molecule has 0 bridgehead atoms. The van der Waals surface area contributed by atoms with E-state index in [0.717, 1.165) is 5.69 Å². The van der Waals surface area contributed by atoms with Crippen molar-refractivity contribution in [2.45, 2.75) is 20.8 Å². The zero-order valence-electron chi connectivity index (χ0n) is 12.7. The number of carbonyl (C=O) groups is 1. The Kier molecular flexibility index (Phi) is 3.28. The van der Waals surface area contributed by atoms with Gasteiger partial charge in [-0.25, -0.2) is 0 Å². The highest BCUT2D eigenvalue weighted by molar-refractivity contribution is 6.03. The third-order valence-electron chi connectivity index (χ3n) is 3.15. The molecule has 0 aliphatic rings. The Morgan fingerprint density at radius 2 is 1.95 bits per heavy atom. The van der Waals surface area contributed by atoms with Gasteiger partial charge in [0.1, 0.15) is 17.2 Å². The number of amides is 1. The van der Waals surface area contributed by atoms with Gasteiger partial charge in [-0.15, -0.1) is 5.10 Å². The molecule has 0 fully saturated rings. The number of aromatic nitrogens is 4. The lowest BCUT2D eigenvalue weighted by Crippen LogP contribution is -2.12. The van der Waals surface area contributed by atoms with E-state index in [9.17, 15) is 4.79 Å². The fourth-order valence-electron chi connectivity index (χ4n) is 2.21. The standard InChI is InChI=1S/C14H15N5O3/c1-7-5-11(19(4)18-7)13-16-17-14(22-13)15-12(20)10-6-8(2)21-9(10)3/h5-6H,1-4H3,(H,15,17,20). The van der Waals surface area contributed by atoms with Gasteiger partial charge in [-0.1, -0.05) is 5.10 Å². The molecule has 3 aromatic rings. The van der Waals surface area contributed by atoms with E-state index in [-0.39, 0.29) is 11.9 Å². The largest absolute Gasteiger partial charge is 0.466 e. The second-order valence-electron chi connectivity index (χ2n) is 4.99. The Morgan fingerprint density at radius 3 is 2.55 bits per heavy atom. The minimum absolute atomic E-state index is 0.0251. The van der Waals surface area contributed by atoms with Crippen molar-refractivity contribution in [1.29, 1.82) is 0 Å². The van der Waals surface area contributed by atoms with Crippen molar-refractivity contribution in [3.63, 3.8) is 0 Å². The number of furan rings is 1. The lowest BCUT2D eigenvalue weighted by Gasteiger charge is -1.98. The van der Waals surface area contributed by atoms with Gasteiger partial charge in [-0.05, 0) is 32.9 Å². The van der Waals surface area contributed by atoms with E-state index in [4.69, 9.17) is 8.83 Å². The molecule has 0 saturated carbocycles. The Labute approximate surface area is 126 Å². The van der Waals surface area contributed by atoms with Crippen molar-refractivity contribution < 1.29 is 13.6 Å². The Balaban J connectivity index is 1.81. The fraction of sp³-hybridized carbons (Fsp3) is 0.286. The maximum atomic E-state index is 12.1. The van der Waals surface area contributed by atoms with Crippen LogP contribution >= 0.6 is 0 Å². The minimum atomic E-state index is -0.356. The molecule has 8 heteroatoms. The summed E-state index contributed by atoms with van der Waals surface area (Å²) in [6, 6.07) is 3.51. The van der Waals surface area contributed by atoms with Crippen LogP contribution in [0.2, 0.25) is 0 Å². The summed E-state index contributed by atoms with van der Waals surface area (Å²) in [6.07, 6.45) is 0. The highest BCUT2D eigenvalue weighted by Gasteiger charge is 2.18. The molecule has 22 heavy (non-hydrogen) atoms. The summed E-state index contributed by atoms with van der Waals surface area (Å²) in [6.45, 7) is 5.37. The zero-order valence-corrected chi connectivity index (χ0v) is 12.7. The number of hydrogen-bond donors (Lipinski definition) is 1. The van der Waals surface area contributed by atoms with Crippen molar-refractivity contribution in [2.24, 2.45) is 7.05 Å². The number of rotatable bonds is 3. The molecule has 1 amide bonds. The molecule has 1 N–H and O–H groups in total. The summed E-state index contributed by atoms with van der Waals surface area (Å²) in [5.41, 5.74) is 1.96. The van der Waals surface area contributed by atoms with Crippen LogP contribution in [0, 0.1) is 20.8 Å². The molecule has 3 heterocycles. The van der Waals surface area contributed by atoms with Crippen molar-refractivity contribution in [3.8, 4) is 11.6 Å². The summed E-state index contributed by atoms with van der Waals surface area (Å²) < 4.78 is 12.4. The monoisotopic (exact) mass is 301 g/mol. The first-order valence-corrected chi connectivity index (χ1v) is 6.67. The van der Waals surface area contributed by atoms with E-state index < -0.39 is 0 Å². The normalized spacial score (nSPS) is 10.9. The molecular formula is C14H15N5O3. The van der Waals surface area contributed by atoms with Crippen LogP contribution in [-0.4, -0.2) is 25.9 Å². The topological polar surface area (TPSA) is 99.0 Å². The molecule has 8 nitrogen and oxygen atoms in total. The third-order valence-corrected chi connectivity index (χ3v) is 3.15. The van der Waals surface area contributed by atoms with Gasteiger partial charge in [-0.3, -0.25) is 14.8 Å². The lowest BCUT2D eigenvalue weighted by atomic mass is 10.2. The third kappa shape index (κ3) is 2.50. The maximum absolute atomic E-state index is 12.1. The molecule has 0 aliphatic heterocycles. The molecular weight excluding hydrogens is 286 g/mol. The predicted octanol–water partition coefficient (Wildman–Crippen LogP) is 2.24. The van der Waals surface area contributed by atoms with E-state index in [2.05, 4.69) is 20.6 Å². The number of aryl methyl sites for hydroxylation is 4. The predicted molar refractivity (Wildman–Crippen MR) is 77.4 cm³/mol. The van der Waals surface area contributed by atoms with Gasteiger partial charge in [0.05, 0.1) is 11.3 Å². The Hall–Kier alpha value is -2.90. The molecule has 0 unspecified atom stereocenters. The van der Waals surface area contributed by atoms with Crippen LogP contribution in [-0.2, 0) is 7.05 Å². The fourth-order valence-corrected chi connectivity index (χ4v) is 2.21. The average molecular weight is 301 g/mol.